The van der Waals surface area contributed by atoms with E-state index in [-0.39, 0.29) is 5.91 Å². The van der Waals surface area contributed by atoms with Crippen LogP contribution in [0, 0.1) is 0 Å². The van der Waals surface area contributed by atoms with Gasteiger partial charge >= 0.3 is 5.97 Å². The number of carboxylic acids is 1. The van der Waals surface area contributed by atoms with Gasteiger partial charge in [-0.3, -0.25) is 4.79 Å². The second-order valence-corrected chi connectivity index (χ2v) is 4.58. The molecule has 2 N–H and O–H groups in total. The highest BCUT2D eigenvalue weighted by atomic mass is 32.1. The van der Waals surface area contributed by atoms with Gasteiger partial charge in [0.05, 0.1) is 4.88 Å². The van der Waals surface area contributed by atoms with Crippen molar-refractivity contribution in [3.8, 4) is 0 Å². The molecular weight excluding hydrogens is 250 g/mol. The average Bonchev–Trinajstić information content (AvgIpc) is 2.90. The molecule has 0 unspecified atom stereocenters. The number of carbonyl (C=O) groups excluding carboxylic acids is 1. The Kier molecular flexibility index (Phi) is 3.74. The average molecular weight is 261 g/mol. The first kappa shape index (κ1) is 12.3. The van der Waals surface area contributed by atoms with Crippen LogP contribution >= 0.6 is 11.3 Å². The topological polar surface area (TPSA) is 66.4 Å². The van der Waals surface area contributed by atoms with E-state index in [0.717, 1.165) is 0 Å². The summed E-state index contributed by atoms with van der Waals surface area (Å²) in [7, 11) is 0. The van der Waals surface area contributed by atoms with Crippen molar-refractivity contribution in [2.75, 3.05) is 0 Å². The molecule has 1 atom stereocenters. The van der Waals surface area contributed by atoms with Crippen molar-refractivity contribution in [1.29, 1.82) is 0 Å². The van der Waals surface area contributed by atoms with Crippen molar-refractivity contribution in [3.05, 3.63) is 58.3 Å². The first-order valence-electron chi connectivity index (χ1n) is 5.30. The molecule has 0 aliphatic carbocycles. The lowest BCUT2D eigenvalue weighted by Crippen LogP contribution is -2.33. The van der Waals surface area contributed by atoms with Crippen LogP contribution in [0.1, 0.15) is 21.3 Å². The molecule has 1 amide bonds. The van der Waals surface area contributed by atoms with E-state index in [1.54, 1.807) is 47.8 Å². The van der Waals surface area contributed by atoms with Crippen molar-refractivity contribution >= 4 is 23.2 Å². The van der Waals surface area contributed by atoms with Crippen LogP contribution in [0.5, 0.6) is 0 Å². The number of amides is 1. The number of aliphatic carboxylic acids is 1. The van der Waals surface area contributed by atoms with Gasteiger partial charge in [0.1, 0.15) is 0 Å². The molecule has 0 radical (unpaired) electrons. The van der Waals surface area contributed by atoms with Gasteiger partial charge in [0.2, 0.25) is 0 Å². The van der Waals surface area contributed by atoms with E-state index in [4.69, 9.17) is 5.11 Å². The Morgan fingerprint density at radius 2 is 1.83 bits per heavy atom. The van der Waals surface area contributed by atoms with Crippen LogP contribution in [0.2, 0.25) is 0 Å². The second kappa shape index (κ2) is 5.46. The van der Waals surface area contributed by atoms with Gasteiger partial charge in [-0.2, -0.15) is 0 Å². The van der Waals surface area contributed by atoms with Gasteiger partial charge in [-0.25, -0.2) is 4.79 Å². The molecule has 0 saturated heterocycles. The number of hydrogen-bond donors (Lipinski definition) is 2. The lowest BCUT2D eigenvalue weighted by Gasteiger charge is -2.14. The van der Waals surface area contributed by atoms with E-state index < -0.39 is 12.0 Å². The number of rotatable bonds is 4. The zero-order valence-electron chi connectivity index (χ0n) is 9.37. The van der Waals surface area contributed by atoms with E-state index in [2.05, 4.69) is 5.32 Å². The molecule has 0 saturated carbocycles. The van der Waals surface area contributed by atoms with E-state index in [0.29, 0.717) is 10.4 Å². The molecule has 0 bridgehead atoms. The molecule has 4 nitrogen and oxygen atoms in total. The summed E-state index contributed by atoms with van der Waals surface area (Å²) in [5.41, 5.74) is 0.551. The van der Waals surface area contributed by atoms with E-state index in [1.807, 2.05) is 0 Å². The Labute approximate surface area is 108 Å². The molecule has 5 heteroatoms. The Morgan fingerprint density at radius 3 is 2.39 bits per heavy atom. The van der Waals surface area contributed by atoms with Crippen molar-refractivity contribution in [1.82, 2.24) is 5.32 Å². The van der Waals surface area contributed by atoms with E-state index in [9.17, 15) is 9.59 Å². The summed E-state index contributed by atoms with van der Waals surface area (Å²) in [6.07, 6.45) is 0. The molecule has 1 aromatic carbocycles. The predicted octanol–water partition coefficient (Wildman–Crippen LogP) is 2.30. The van der Waals surface area contributed by atoms with Crippen LogP contribution < -0.4 is 5.32 Å². The van der Waals surface area contributed by atoms with E-state index >= 15 is 0 Å². The normalized spacial score (nSPS) is 11.8. The quantitative estimate of drug-likeness (QED) is 0.887. The Balaban J connectivity index is 2.18. The Bertz CT molecular complexity index is 537. The number of carbonyl (C=O) groups is 2. The third-order valence-electron chi connectivity index (χ3n) is 2.40. The van der Waals surface area contributed by atoms with Gasteiger partial charge in [-0.05, 0) is 17.0 Å². The molecule has 18 heavy (non-hydrogen) atoms. The molecule has 0 fully saturated rings. The van der Waals surface area contributed by atoms with Gasteiger partial charge in [-0.15, -0.1) is 11.3 Å². The maximum Gasteiger partial charge on any atom is 0.330 e. The third-order valence-corrected chi connectivity index (χ3v) is 3.27. The molecule has 92 valence electrons. The largest absolute Gasteiger partial charge is 0.479 e. The first-order chi connectivity index (χ1) is 8.68. The molecular formula is C13H11NO3S. The minimum Gasteiger partial charge on any atom is -0.479 e. The fourth-order valence-electron chi connectivity index (χ4n) is 1.54. The molecule has 0 aliphatic rings. The van der Waals surface area contributed by atoms with Gasteiger partial charge in [0, 0.05) is 0 Å². The number of benzene rings is 1. The Morgan fingerprint density at radius 1 is 1.11 bits per heavy atom. The highest BCUT2D eigenvalue weighted by Crippen LogP contribution is 2.15. The van der Waals surface area contributed by atoms with Crippen LogP contribution in [0.15, 0.2) is 47.8 Å². The lowest BCUT2D eigenvalue weighted by molar-refractivity contribution is -0.139. The zero-order valence-corrected chi connectivity index (χ0v) is 10.2. The lowest BCUT2D eigenvalue weighted by atomic mass is 10.1. The first-order valence-corrected chi connectivity index (χ1v) is 6.18. The molecule has 1 aromatic heterocycles. The van der Waals surface area contributed by atoms with Crippen LogP contribution in [0.25, 0.3) is 0 Å². The molecule has 0 spiro atoms. The van der Waals surface area contributed by atoms with Crippen molar-refractivity contribution < 1.29 is 14.7 Å². The predicted molar refractivity (Wildman–Crippen MR) is 68.6 cm³/mol. The van der Waals surface area contributed by atoms with Gasteiger partial charge < -0.3 is 10.4 Å². The summed E-state index contributed by atoms with van der Waals surface area (Å²) in [6, 6.07) is 11.0. The second-order valence-electron chi connectivity index (χ2n) is 3.63. The Hall–Kier alpha value is -2.14. The highest BCUT2D eigenvalue weighted by Gasteiger charge is 2.22. The fraction of sp³-hybridized carbons (Fsp3) is 0.0769. The van der Waals surface area contributed by atoms with Crippen LogP contribution in [0.3, 0.4) is 0 Å². The maximum atomic E-state index is 11.8. The number of hydrogen-bond acceptors (Lipinski definition) is 3. The molecule has 2 rings (SSSR count). The zero-order chi connectivity index (χ0) is 13.0. The van der Waals surface area contributed by atoms with Crippen molar-refractivity contribution in [3.63, 3.8) is 0 Å². The summed E-state index contributed by atoms with van der Waals surface area (Å²) in [5.74, 6) is -1.45. The summed E-state index contributed by atoms with van der Waals surface area (Å²) in [4.78, 5) is 23.5. The summed E-state index contributed by atoms with van der Waals surface area (Å²) < 4.78 is 0. The maximum absolute atomic E-state index is 11.8. The summed E-state index contributed by atoms with van der Waals surface area (Å²) in [5, 5.41) is 13.4. The number of thiophene rings is 1. The SMILES string of the molecule is O=C(N[C@@H](C(=O)O)c1ccccc1)c1cccs1. The van der Waals surface area contributed by atoms with Crippen LogP contribution in [0.4, 0.5) is 0 Å². The minimum atomic E-state index is -1.08. The van der Waals surface area contributed by atoms with Gasteiger partial charge in [0.25, 0.3) is 5.91 Å². The molecule has 2 aromatic rings. The third kappa shape index (κ3) is 2.75. The van der Waals surface area contributed by atoms with Gasteiger partial charge in [0.15, 0.2) is 6.04 Å². The van der Waals surface area contributed by atoms with Gasteiger partial charge in [-0.1, -0.05) is 36.4 Å². The standard InChI is InChI=1S/C13H11NO3S/c15-12(10-7-4-8-18-10)14-11(13(16)17)9-5-2-1-3-6-9/h1-8,11H,(H,14,15)(H,16,17)/t11-/m1/s1. The van der Waals surface area contributed by atoms with Crippen molar-refractivity contribution in [2.24, 2.45) is 0 Å². The van der Waals surface area contributed by atoms with E-state index in [1.165, 1.54) is 11.3 Å². The summed E-state index contributed by atoms with van der Waals surface area (Å²) >= 11 is 1.27. The number of nitrogens with one attached hydrogen (secondary N) is 1. The monoisotopic (exact) mass is 261 g/mol. The summed E-state index contributed by atoms with van der Waals surface area (Å²) in [6.45, 7) is 0. The minimum absolute atomic E-state index is 0.374. The van der Waals surface area contributed by atoms with Crippen LogP contribution in [-0.2, 0) is 4.79 Å². The van der Waals surface area contributed by atoms with Crippen LogP contribution in [-0.4, -0.2) is 17.0 Å². The molecule has 1 heterocycles. The van der Waals surface area contributed by atoms with Crippen molar-refractivity contribution in [2.45, 2.75) is 6.04 Å². The highest BCUT2D eigenvalue weighted by molar-refractivity contribution is 7.12. The molecule has 0 aliphatic heterocycles. The number of carboxylic acid groups (broad SMARTS) is 1. The smallest absolute Gasteiger partial charge is 0.330 e. The fourth-order valence-corrected chi connectivity index (χ4v) is 2.17.